The lowest BCUT2D eigenvalue weighted by molar-refractivity contribution is -0.113. The fraction of sp³-hybridized carbons (Fsp3) is 0.0870. The molecule has 31 heavy (non-hydrogen) atoms. The molecule has 0 unspecified atom stereocenters. The molecule has 156 valence electrons. The number of aromatic hydroxyl groups is 1. The van der Waals surface area contributed by atoms with Gasteiger partial charge in [-0.3, -0.25) is 9.36 Å². The molecule has 0 atom stereocenters. The summed E-state index contributed by atoms with van der Waals surface area (Å²) in [6.07, 6.45) is 0. The van der Waals surface area contributed by atoms with Crippen molar-refractivity contribution in [2.75, 3.05) is 11.1 Å². The van der Waals surface area contributed by atoms with Crippen LogP contribution in [0.2, 0.25) is 0 Å². The second kappa shape index (κ2) is 9.80. The number of hydrogen-bond donors (Lipinski definition) is 2. The van der Waals surface area contributed by atoms with Crippen LogP contribution < -0.4 is 5.32 Å². The number of benzene rings is 3. The van der Waals surface area contributed by atoms with Crippen molar-refractivity contribution < 1.29 is 9.90 Å². The number of phenols is 1. The van der Waals surface area contributed by atoms with Gasteiger partial charge in [0.15, 0.2) is 11.0 Å². The molecule has 3 aromatic carbocycles. The number of carbonyl (C=O) groups is 1. The molecule has 0 aliphatic rings. The predicted octanol–water partition coefficient (Wildman–Crippen LogP) is 5.19. The van der Waals surface area contributed by atoms with Gasteiger partial charge in [0.25, 0.3) is 0 Å². The van der Waals surface area contributed by atoms with Crippen LogP contribution in [0.1, 0.15) is 5.56 Å². The number of anilines is 1. The van der Waals surface area contributed by atoms with Crippen molar-refractivity contribution in [2.45, 2.75) is 11.7 Å². The van der Waals surface area contributed by atoms with Crippen LogP contribution in [0.5, 0.6) is 5.75 Å². The average Bonchev–Trinajstić information content (AvgIpc) is 3.17. The Morgan fingerprint density at radius 1 is 0.968 bits per heavy atom. The fourth-order valence-electron chi connectivity index (χ4n) is 3.01. The second-order valence-corrected chi connectivity index (χ2v) is 8.54. The Hall–Kier alpha value is -3.10. The lowest BCUT2D eigenvalue weighted by Crippen LogP contribution is -2.15. The van der Waals surface area contributed by atoms with E-state index < -0.39 is 0 Å². The first-order chi connectivity index (χ1) is 15.1. The summed E-state index contributed by atoms with van der Waals surface area (Å²) in [6.45, 7) is 0.568. The van der Waals surface area contributed by atoms with Crippen LogP contribution >= 0.6 is 27.7 Å². The molecule has 1 aromatic heterocycles. The molecule has 2 N–H and O–H groups in total. The van der Waals surface area contributed by atoms with Gasteiger partial charge in [0.2, 0.25) is 5.91 Å². The molecule has 0 aliphatic carbocycles. The van der Waals surface area contributed by atoms with Crippen molar-refractivity contribution in [3.63, 3.8) is 0 Å². The van der Waals surface area contributed by atoms with E-state index in [2.05, 4.69) is 31.4 Å². The average molecular weight is 495 g/mol. The van der Waals surface area contributed by atoms with Crippen molar-refractivity contribution in [1.82, 2.24) is 14.8 Å². The maximum atomic E-state index is 12.5. The van der Waals surface area contributed by atoms with Crippen molar-refractivity contribution >= 4 is 39.3 Å². The molecule has 4 aromatic rings. The molecule has 0 fully saturated rings. The minimum atomic E-state index is -0.127. The number of amides is 1. The molecule has 0 bridgehead atoms. The molecule has 0 saturated carbocycles. The van der Waals surface area contributed by atoms with E-state index >= 15 is 0 Å². The summed E-state index contributed by atoms with van der Waals surface area (Å²) in [6, 6.07) is 24.3. The van der Waals surface area contributed by atoms with Crippen molar-refractivity contribution in [3.8, 4) is 17.1 Å². The minimum absolute atomic E-state index is 0.127. The van der Waals surface area contributed by atoms with Gasteiger partial charge >= 0.3 is 0 Å². The number of nitrogens with zero attached hydrogens (tertiary/aromatic N) is 3. The van der Waals surface area contributed by atoms with Gasteiger partial charge in [-0.2, -0.15) is 0 Å². The van der Waals surface area contributed by atoms with Crippen LogP contribution in [0, 0.1) is 0 Å². The predicted molar refractivity (Wildman–Crippen MR) is 126 cm³/mol. The molecule has 1 amide bonds. The van der Waals surface area contributed by atoms with Crippen LogP contribution in [-0.2, 0) is 11.3 Å². The zero-order valence-electron chi connectivity index (χ0n) is 16.4. The normalized spacial score (nSPS) is 10.7. The zero-order valence-corrected chi connectivity index (χ0v) is 18.8. The highest BCUT2D eigenvalue weighted by Gasteiger charge is 2.16. The molecule has 6 nitrogen and oxygen atoms in total. The largest absolute Gasteiger partial charge is 0.508 e. The van der Waals surface area contributed by atoms with E-state index in [9.17, 15) is 9.90 Å². The molecule has 0 radical (unpaired) electrons. The van der Waals surface area contributed by atoms with Crippen LogP contribution in [-0.4, -0.2) is 31.5 Å². The quantitative estimate of drug-likeness (QED) is 0.345. The summed E-state index contributed by atoms with van der Waals surface area (Å²) >= 11 is 4.77. The van der Waals surface area contributed by atoms with Crippen LogP contribution in [0.25, 0.3) is 11.4 Å². The van der Waals surface area contributed by atoms with Crippen LogP contribution in [0.15, 0.2) is 88.5 Å². The standard InChI is InChI=1S/C23H19BrN4O2S/c24-19-8-4-5-9-20(19)25-21(30)15-31-23-27-26-22(17-10-12-18(29)13-11-17)28(23)14-16-6-2-1-3-7-16/h1-13,29H,14-15H2,(H,25,30). The van der Waals surface area contributed by atoms with Gasteiger partial charge in [-0.05, 0) is 57.9 Å². The van der Waals surface area contributed by atoms with Crippen molar-refractivity contribution in [1.29, 1.82) is 0 Å². The summed E-state index contributed by atoms with van der Waals surface area (Å²) in [4.78, 5) is 12.5. The first-order valence-electron chi connectivity index (χ1n) is 9.54. The van der Waals surface area contributed by atoms with Crippen molar-refractivity contribution in [3.05, 3.63) is 88.9 Å². The molecule has 0 aliphatic heterocycles. The van der Waals surface area contributed by atoms with Gasteiger partial charge in [-0.15, -0.1) is 10.2 Å². The third kappa shape index (κ3) is 5.34. The summed E-state index contributed by atoms with van der Waals surface area (Å²) in [7, 11) is 0. The van der Waals surface area contributed by atoms with Gasteiger partial charge in [-0.25, -0.2) is 0 Å². The molecular weight excluding hydrogens is 476 g/mol. The first kappa shape index (κ1) is 21.1. The van der Waals surface area contributed by atoms with Gasteiger partial charge in [0, 0.05) is 10.0 Å². The number of phenolic OH excluding ortho intramolecular Hbond substituents is 1. The second-order valence-electron chi connectivity index (χ2n) is 6.74. The third-order valence-electron chi connectivity index (χ3n) is 4.51. The number of aromatic nitrogens is 3. The summed E-state index contributed by atoms with van der Waals surface area (Å²) in [5, 5.41) is 21.8. The van der Waals surface area contributed by atoms with E-state index in [0.29, 0.717) is 17.5 Å². The lowest BCUT2D eigenvalue weighted by atomic mass is 10.2. The molecule has 0 saturated heterocycles. The number of hydrogen-bond acceptors (Lipinski definition) is 5. The monoisotopic (exact) mass is 494 g/mol. The molecule has 8 heteroatoms. The number of para-hydroxylation sites is 1. The number of halogens is 1. The van der Waals surface area contributed by atoms with E-state index in [1.165, 1.54) is 11.8 Å². The highest BCUT2D eigenvalue weighted by Crippen LogP contribution is 2.27. The van der Waals surface area contributed by atoms with Gasteiger partial charge in [-0.1, -0.05) is 54.2 Å². The Morgan fingerprint density at radius 2 is 1.68 bits per heavy atom. The highest BCUT2D eigenvalue weighted by molar-refractivity contribution is 9.10. The number of carbonyl (C=O) groups excluding carboxylic acids is 1. The molecular formula is C23H19BrN4O2S. The molecule has 4 rings (SSSR count). The highest BCUT2D eigenvalue weighted by atomic mass is 79.9. The van der Waals surface area contributed by atoms with Crippen LogP contribution in [0.4, 0.5) is 5.69 Å². The van der Waals surface area contributed by atoms with Gasteiger partial charge in [0.05, 0.1) is 18.0 Å². The van der Waals surface area contributed by atoms with E-state index in [1.807, 2.05) is 59.2 Å². The number of thioether (sulfide) groups is 1. The maximum absolute atomic E-state index is 12.5. The Bertz CT molecular complexity index is 1180. The smallest absolute Gasteiger partial charge is 0.234 e. The topological polar surface area (TPSA) is 80.0 Å². The van der Waals surface area contributed by atoms with Crippen LogP contribution in [0.3, 0.4) is 0 Å². The molecule has 1 heterocycles. The first-order valence-corrected chi connectivity index (χ1v) is 11.3. The Labute approximate surface area is 192 Å². The Morgan fingerprint density at radius 3 is 2.42 bits per heavy atom. The zero-order chi connectivity index (χ0) is 21.6. The molecule has 0 spiro atoms. The maximum Gasteiger partial charge on any atom is 0.234 e. The SMILES string of the molecule is O=C(CSc1nnc(-c2ccc(O)cc2)n1Cc1ccccc1)Nc1ccccc1Br. The summed E-state index contributed by atoms with van der Waals surface area (Å²) in [5.74, 6) is 0.940. The lowest BCUT2D eigenvalue weighted by Gasteiger charge is -2.11. The van der Waals surface area contributed by atoms with E-state index in [0.717, 1.165) is 21.3 Å². The van der Waals surface area contributed by atoms with Gasteiger partial charge < -0.3 is 10.4 Å². The van der Waals surface area contributed by atoms with Gasteiger partial charge in [0.1, 0.15) is 5.75 Å². The van der Waals surface area contributed by atoms with E-state index in [-0.39, 0.29) is 17.4 Å². The summed E-state index contributed by atoms with van der Waals surface area (Å²) in [5.41, 5.74) is 2.66. The summed E-state index contributed by atoms with van der Waals surface area (Å²) < 4.78 is 2.81. The third-order valence-corrected chi connectivity index (χ3v) is 6.16. The number of nitrogens with one attached hydrogen (secondary N) is 1. The van der Waals surface area contributed by atoms with Crippen molar-refractivity contribution in [2.24, 2.45) is 0 Å². The fourth-order valence-corrected chi connectivity index (χ4v) is 4.13. The Kier molecular flexibility index (Phi) is 6.69. The Balaban J connectivity index is 1.55. The number of rotatable bonds is 7. The van der Waals surface area contributed by atoms with E-state index in [4.69, 9.17) is 0 Å². The minimum Gasteiger partial charge on any atom is -0.508 e. The van der Waals surface area contributed by atoms with E-state index in [1.54, 1.807) is 24.3 Å².